The van der Waals surface area contributed by atoms with Crippen LogP contribution in [-0.2, 0) is 0 Å². The van der Waals surface area contributed by atoms with Gasteiger partial charge in [-0.2, -0.15) is 0 Å². The Morgan fingerprint density at radius 2 is 2.00 bits per heavy atom. The summed E-state index contributed by atoms with van der Waals surface area (Å²) >= 11 is 0. The number of hydrogen-bond donors (Lipinski definition) is 0. The molecule has 1 aliphatic rings. The Bertz CT molecular complexity index is 509. The molecule has 1 aromatic carbocycles. The highest BCUT2D eigenvalue weighted by molar-refractivity contribution is 5.59. The molecule has 0 atom stereocenters. The summed E-state index contributed by atoms with van der Waals surface area (Å²) < 4.78 is 1.81. The van der Waals surface area contributed by atoms with E-state index in [1.54, 1.807) is 4.68 Å². The van der Waals surface area contributed by atoms with Gasteiger partial charge in [0.15, 0.2) is 0 Å². The Balaban J connectivity index is 1.90. The Hall–Kier alpha value is -1.90. The second-order valence-corrected chi connectivity index (χ2v) is 4.18. The molecule has 1 saturated carbocycles. The maximum atomic E-state index is 4.17. The third kappa shape index (κ3) is 1.65. The van der Waals surface area contributed by atoms with Gasteiger partial charge in [-0.05, 0) is 12.8 Å². The van der Waals surface area contributed by atoms with E-state index in [2.05, 4.69) is 16.9 Å². The first-order valence-electron chi connectivity index (χ1n) is 5.51. The lowest BCUT2D eigenvalue weighted by Crippen LogP contribution is -1.97. The fourth-order valence-electron chi connectivity index (χ4n) is 1.75. The minimum absolute atomic E-state index is 0.616. The second-order valence-electron chi connectivity index (χ2n) is 4.18. The standard InChI is InChI=1S/C13H13N3/c1-10(11-7-8-11)16-9-13(14-15-16)12-5-3-2-4-6-12/h2-6,9,11H,1,7-8H2. The van der Waals surface area contributed by atoms with Crippen LogP contribution in [0.25, 0.3) is 17.0 Å². The van der Waals surface area contributed by atoms with Crippen LogP contribution in [0, 0.1) is 5.92 Å². The fourth-order valence-corrected chi connectivity index (χ4v) is 1.75. The number of hydrogen-bond acceptors (Lipinski definition) is 2. The number of rotatable bonds is 3. The summed E-state index contributed by atoms with van der Waals surface area (Å²) in [6, 6.07) is 10.1. The number of allylic oxidation sites excluding steroid dienone is 1. The molecule has 1 fully saturated rings. The van der Waals surface area contributed by atoms with Crippen molar-refractivity contribution in [3.63, 3.8) is 0 Å². The quantitative estimate of drug-likeness (QED) is 0.781. The lowest BCUT2D eigenvalue weighted by atomic mass is 10.2. The van der Waals surface area contributed by atoms with Gasteiger partial charge in [-0.15, -0.1) is 5.10 Å². The van der Waals surface area contributed by atoms with E-state index in [0.717, 1.165) is 17.0 Å². The molecule has 0 spiro atoms. The van der Waals surface area contributed by atoms with E-state index >= 15 is 0 Å². The Kier molecular flexibility index (Phi) is 2.10. The molecule has 0 amide bonds. The van der Waals surface area contributed by atoms with Gasteiger partial charge in [0.1, 0.15) is 5.69 Å². The van der Waals surface area contributed by atoms with E-state index in [1.165, 1.54) is 12.8 Å². The summed E-state index contributed by atoms with van der Waals surface area (Å²) in [6.07, 6.45) is 4.43. The molecular formula is C13H13N3. The summed E-state index contributed by atoms with van der Waals surface area (Å²) in [5.74, 6) is 0.616. The lowest BCUT2D eigenvalue weighted by Gasteiger charge is -2.00. The predicted octanol–water partition coefficient (Wildman–Crippen LogP) is 2.83. The number of aromatic nitrogens is 3. The van der Waals surface area contributed by atoms with Crippen LogP contribution in [0.5, 0.6) is 0 Å². The van der Waals surface area contributed by atoms with E-state index < -0.39 is 0 Å². The first kappa shape index (κ1) is 9.33. The van der Waals surface area contributed by atoms with Crippen molar-refractivity contribution >= 4 is 5.70 Å². The van der Waals surface area contributed by atoms with Crippen molar-refractivity contribution in [2.45, 2.75) is 12.8 Å². The van der Waals surface area contributed by atoms with Gasteiger partial charge in [-0.3, -0.25) is 0 Å². The van der Waals surface area contributed by atoms with Crippen LogP contribution in [-0.4, -0.2) is 15.0 Å². The summed E-state index contributed by atoms with van der Waals surface area (Å²) in [5.41, 5.74) is 3.06. The molecule has 1 heterocycles. The van der Waals surface area contributed by atoms with Gasteiger partial charge in [-0.25, -0.2) is 4.68 Å². The van der Waals surface area contributed by atoms with Crippen molar-refractivity contribution in [1.29, 1.82) is 0 Å². The van der Waals surface area contributed by atoms with Crippen LogP contribution in [0.3, 0.4) is 0 Å². The maximum Gasteiger partial charge on any atom is 0.113 e. The molecule has 1 aliphatic carbocycles. The Labute approximate surface area is 94.4 Å². The summed E-state index contributed by atoms with van der Waals surface area (Å²) in [6.45, 7) is 4.05. The molecule has 3 nitrogen and oxygen atoms in total. The number of benzene rings is 1. The largest absolute Gasteiger partial charge is 0.225 e. The van der Waals surface area contributed by atoms with E-state index in [9.17, 15) is 0 Å². The zero-order chi connectivity index (χ0) is 11.0. The predicted molar refractivity (Wildman–Crippen MR) is 63.5 cm³/mol. The smallest absolute Gasteiger partial charge is 0.113 e. The molecule has 80 valence electrons. The zero-order valence-electron chi connectivity index (χ0n) is 9.00. The van der Waals surface area contributed by atoms with Crippen LogP contribution >= 0.6 is 0 Å². The molecule has 0 unspecified atom stereocenters. The second kappa shape index (κ2) is 3.59. The first-order valence-corrected chi connectivity index (χ1v) is 5.51. The van der Waals surface area contributed by atoms with Gasteiger partial charge in [0.25, 0.3) is 0 Å². The molecule has 1 aromatic heterocycles. The summed E-state index contributed by atoms with van der Waals surface area (Å²) in [4.78, 5) is 0. The average Bonchev–Trinajstić information content (AvgIpc) is 3.07. The van der Waals surface area contributed by atoms with Gasteiger partial charge in [-0.1, -0.05) is 42.1 Å². The monoisotopic (exact) mass is 211 g/mol. The molecular weight excluding hydrogens is 198 g/mol. The Morgan fingerprint density at radius 3 is 2.69 bits per heavy atom. The van der Waals surface area contributed by atoms with Crippen molar-refractivity contribution in [3.05, 3.63) is 43.1 Å². The topological polar surface area (TPSA) is 30.7 Å². The van der Waals surface area contributed by atoms with Crippen molar-refractivity contribution in [1.82, 2.24) is 15.0 Å². The molecule has 3 heteroatoms. The normalized spacial score (nSPS) is 15.0. The highest BCUT2D eigenvalue weighted by atomic mass is 15.4. The van der Waals surface area contributed by atoms with Gasteiger partial charge in [0, 0.05) is 17.2 Å². The van der Waals surface area contributed by atoms with Crippen LogP contribution < -0.4 is 0 Å². The fraction of sp³-hybridized carbons (Fsp3) is 0.231. The Morgan fingerprint density at radius 1 is 1.25 bits per heavy atom. The van der Waals surface area contributed by atoms with E-state index in [0.29, 0.717) is 5.92 Å². The van der Waals surface area contributed by atoms with Crippen LogP contribution in [0.4, 0.5) is 0 Å². The molecule has 0 bridgehead atoms. The third-order valence-electron chi connectivity index (χ3n) is 2.91. The van der Waals surface area contributed by atoms with Gasteiger partial charge >= 0.3 is 0 Å². The van der Waals surface area contributed by atoms with E-state index in [4.69, 9.17) is 0 Å². The molecule has 3 rings (SSSR count). The average molecular weight is 211 g/mol. The van der Waals surface area contributed by atoms with Gasteiger partial charge in [0.2, 0.25) is 0 Å². The minimum atomic E-state index is 0.616. The van der Waals surface area contributed by atoms with Crippen molar-refractivity contribution < 1.29 is 0 Å². The molecule has 0 N–H and O–H groups in total. The zero-order valence-corrected chi connectivity index (χ0v) is 9.00. The maximum absolute atomic E-state index is 4.17. The van der Waals surface area contributed by atoms with E-state index in [-0.39, 0.29) is 0 Å². The summed E-state index contributed by atoms with van der Waals surface area (Å²) in [7, 11) is 0. The third-order valence-corrected chi connectivity index (χ3v) is 2.91. The van der Waals surface area contributed by atoms with Gasteiger partial charge < -0.3 is 0 Å². The van der Waals surface area contributed by atoms with Crippen molar-refractivity contribution in [2.75, 3.05) is 0 Å². The first-order chi connectivity index (χ1) is 7.84. The molecule has 0 aliphatic heterocycles. The van der Waals surface area contributed by atoms with Crippen LogP contribution in [0.1, 0.15) is 12.8 Å². The van der Waals surface area contributed by atoms with E-state index in [1.807, 2.05) is 36.5 Å². The molecule has 2 aromatic rings. The highest BCUT2D eigenvalue weighted by Crippen LogP contribution is 2.37. The van der Waals surface area contributed by atoms with Crippen LogP contribution in [0.15, 0.2) is 43.1 Å². The van der Waals surface area contributed by atoms with Crippen molar-refractivity contribution in [2.24, 2.45) is 5.92 Å². The summed E-state index contributed by atoms with van der Waals surface area (Å²) in [5, 5.41) is 8.29. The number of nitrogens with zero attached hydrogens (tertiary/aromatic N) is 3. The van der Waals surface area contributed by atoms with Crippen molar-refractivity contribution in [3.8, 4) is 11.3 Å². The van der Waals surface area contributed by atoms with Crippen LogP contribution in [0.2, 0.25) is 0 Å². The molecule has 0 radical (unpaired) electrons. The molecule has 0 saturated heterocycles. The SMILES string of the molecule is C=C(C1CC1)n1cc(-c2ccccc2)nn1. The lowest BCUT2D eigenvalue weighted by molar-refractivity contribution is 0.784. The molecule has 16 heavy (non-hydrogen) atoms. The highest BCUT2D eigenvalue weighted by Gasteiger charge is 2.26. The minimum Gasteiger partial charge on any atom is -0.225 e. The van der Waals surface area contributed by atoms with Gasteiger partial charge in [0.05, 0.1) is 6.20 Å².